The lowest BCUT2D eigenvalue weighted by Gasteiger charge is -2.11. The topological polar surface area (TPSA) is 50.7 Å². The summed E-state index contributed by atoms with van der Waals surface area (Å²) in [6, 6.07) is 0. The molecule has 88 valence electrons. The Morgan fingerprint density at radius 1 is 1.47 bits per heavy atom. The Kier molecular flexibility index (Phi) is 5.10. The lowest BCUT2D eigenvalue weighted by Crippen LogP contribution is -2.26. The van der Waals surface area contributed by atoms with Gasteiger partial charge in [-0.15, -0.1) is 0 Å². The molecule has 0 spiro atoms. The zero-order valence-electron chi connectivity index (χ0n) is 8.68. The molecule has 0 aliphatic heterocycles. The van der Waals surface area contributed by atoms with Crippen molar-refractivity contribution in [2.75, 3.05) is 7.05 Å². The van der Waals surface area contributed by atoms with Crippen LogP contribution >= 0.6 is 0 Å². The Labute approximate surface area is 85.5 Å². The van der Waals surface area contributed by atoms with Crippen molar-refractivity contribution in [2.45, 2.75) is 26.4 Å². The summed E-state index contributed by atoms with van der Waals surface area (Å²) >= 11 is 0. The maximum Gasteiger partial charge on any atom is 0.433 e. The molecule has 0 unspecified atom stereocenters. The van der Waals surface area contributed by atoms with Gasteiger partial charge < -0.3 is 5.32 Å². The van der Waals surface area contributed by atoms with Crippen LogP contribution < -0.4 is 5.32 Å². The summed E-state index contributed by atoms with van der Waals surface area (Å²) in [5.74, 6) is -0.223. The molecule has 0 aromatic rings. The van der Waals surface area contributed by atoms with Crippen LogP contribution in [0.1, 0.15) is 20.3 Å². The number of hydrogen-bond donors (Lipinski definition) is 1. The Morgan fingerprint density at radius 2 is 2.00 bits per heavy atom. The Balaban J connectivity index is 4.56. The first-order valence-electron chi connectivity index (χ1n) is 4.30. The fourth-order valence-corrected chi connectivity index (χ4v) is 0.734. The number of carbonyl (C=O) groups is 1. The number of oxime groups is 1. The first-order valence-corrected chi connectivity index (χ1v) is 4.30. The van der Waals surface area contributed by atoms with Crippen LogP contribution in [0.5, 0.6) is 0 Å². The van der Waals surface area contributed by atoms with E-state index in [1.54, 1.807) is 13.8 Å². The molecule has 0 fully saturated rings. The van der Waals surface area contributed by atoms with Crippen molar-refractivity contribution in [3.63, 3.8) is 0 Å². The molecule has 0 aromatic heterocycles. The van der Waals surface area contributed by atoms with Crippen molar-refractivity contribution in [3.8, 4) is 0 Å². The maximum atomic E-state index is 12.3. The highest BCUT2D eigenvalue weighted by Crippen LogP contribution is 2.22. The first kappa shape index (κ1) is 13.7. The van der Waals surface area contributed by atoms with E-state index in [9.17, 15) is 18.0 Å². The predicted octanol–water partition coefficient (Wildman–Crippen LogP) is 2.31. The minimum atomic E-state index is -4.57. The van der Waals surface area contributed by atoms with Gasteiger partial charge in [0, 0.05) is 13.5 Å². The second-order valence-corrected chi connectivity index (χ2v) is 3.26. The second kappa shape index (κ2) is 5.57. The second-order valence-electron chi connectivity index (χ2n) is 3.26. The molecule has 15 heavy (non-hydrogen) atoms. The number of halogens is 3. The molecule has 0 bridgehead atoms. The normalized spacial score (nSPS) is 12.9. The summed E-state index contributed by atoms with van der Waals surface area (Å²) in [6.45, 7) is 3.22. The Morgan fingerprint density at radius 3 is 2.33 bits per heavy atom. The van der Waals surface area contributed by atoms with Crippen LogP contribution in [0, 0.1) is 5.92 Å². The Bertz CT molecular complexity index is 249. The van der Waals surface area contributed by atoms with E-state index < -0.39 is 18.0 Å². The van der Waals surface area contributed by atoms with E-state index >= 15 is 0 Å². The molecule has 0 rings (SSSR count). The highest BCUT2D eigenvalue weighted by molar-refractivity contribution is 5.89. The predicted molar refractivity (Wildman–Crippen MR) is 48.5 cm³/mol. The van der Waals surface area contributed by atoms with Crippen molar-refractivity contribution < 1.29 is 22.8 Å². The van der Waals surface area contributed by atoms with Gasteiger partial charge in [0.1, 0.15) is 0 Å². The first-order chi connectivity index (χ1) is 6.77. The molecule has 0 atom stereocenters. The molecule has 0 saturated carbocycles. The SMILES string of the molecule is CNC(=O)O/N=C(\CC(C)C)C(F)(F)F. The van der Waals surface area contributed by atoms with Gasteiger partial charge in [0.15, 0.2) is 5.71 Å². The summed E-state index contributed by atoms with van der Waals surface area (Å²) in [5.41, 5.74) is -1.10. The van der Waals surface area contributed by atoms with Gasteiger partial charge in [-0.1, -0.05) is 19.0 Å². The lowest BCUT2D eigenvalue weighted by molar-refractivity contribution is -0.0633. The van der Waals surface area contributed by atoms with Crippen molar-refractivity contribution in [1.82, 2.24) is 5.32 Å². The number of nitrogens with zero attached hydrogens (tertiary/aromatic N) is 1. The molecule has 0 aliphatic rings. The quantitative estimate of drug-likeness (QED) is 0.456. The summed E-state index contributed by atoms with van der Waals surface area (Å²) in [5, 5.41) is 4.78. The molecular formula is C8H13F3N2O2. The highest BCUT2D eigenvalue weighted by Gasteiger charge is 2.36. The fraction of sp³-hybridized carbons (Fsp3) is 0.750. The summed E-state index contributed by atoms with van der Waals surface area (Å²) in [4.78, 5) is 14.5. The van der Waals surface area contributed by atoms with E-state index in [2.05, 4.69) is 9.99 Å². The fourth-order valence-electron chi connectivity index (χ4n) is 0.734. The third-order valence-corrected chi connectivity index (χ3v) is 1.37. The molecule has 0 aromatic carbocycles. The third-order valence-electron chi connectivity index (χ3n) is 1.37. The van der Waals surface area contributed by atoms with Gasteiger partial charge in [-0.2, -0.15) is 13.2 Å². The number of rotatable bonds is 3. The average Bonchev–Trinajstić information content (AvgIpc) is 2.09. The number of amides is 1. The number of hydrogen-bond acceptors (Lipinski definition) is 3. The molecule has 1 amide bonds. The molecule has 0 saturated heterocycles. The smallest absolute Gasteiger partial charge is 0.323 e. The minimum Gasteiger partial charge on any atom is -0.323 e. The van der Waals surface area contributed by atoms with E-state index in [4.69, 9.17) is 0 Å². The Hall–Kier alpha value is -1.27. The highest BCUT2D eigenvalue weighted by atomic mass is 19.4. The van der Waals surface area contributed by atoms with E-state index in [1.807, 2.05) is 5.32 Å². The lowest BCUT2D eigenvalue weighted by atomic mass is 10.1. The summed E-state index contributed by atoms with van der Waals surface area (Å²) in [7, 11) is 1.23. The average molecular weight is 226 g/mol. The van der Waals surface area contributed by atoms with E-state index in [1.165, 1.54) is 7.05 Å². The van der Waals surface area contributed by atoms with Crippen LogP contribution in [0.15, 0.2) is 5.16 Å². The largest absolute Gasteiger partial charge is 0.433 e. The van der Waals surface area contributed by atoms with Gasteiger partial charge >= 0.3 is 12.3 Å². The van der Waals surface area contributed by atoms with Crippen molar-refractivity contribution in [3.05, 3.63) is 0 Å². The van der Waals surface area contributed by atoms with E-state index in [-0.39, 0.29) is 12.3 Å². The van der Waals surface area contributed by atoms with Crippen LogP contribution in [-0.4, -0.2) is 25.0 Å². The zero-order chi connectivity index (χ0) is 12.1. The molecule has 0 radical (unpaired) electrons. The maximum absolute atomic E-state index is 12.3. The minimum absolute atomic E-state index is 0.223. The van der Waals surface area contributed by atoms with Crippen LogP contribution in [-0.2, 0) is 4.84 Å². The number of nitrogens with one attached hydrogen (secondary N) is 1. The van der Waals surface area contributed by atoms with Gasteiger partial charge in [0.2, 0.25) is 0 Å². The molecule has 0 aliphatic carbocycles. The van der Waals surface area contributed by atoms with Gasteiger partial charge in [-0.25, -0.2) is 4.79 Å². The van der Waals surface area contributed by atoms with Gasteiger partial charge in [0.25, 0.3) is 0 Å². The molecule has 4 nitrogen and oxygen atoms in total. The standard InChI is InChI=1S/C8H13F3N2O2/c1-5(2)4-6(8(9,10)11)13-15-7(14)12-3/h5H,4H2,1-3H3,(H,12,14)/b13-6+. The van der Waals surface area contributed by atoms with Gasteiger partial charge in [-0.3, -0.25) is 4.84 Å². The van der Waals surface area contributed by atoms with Crippen LogP contribution in [0.4, 0.5) is 18.0 Å². The van der Waals surface area contributed by atoms with Crippen LogP contribution in [0.25, 0.3) is 0 Å². The molecule has 0 heterocycles. The molecule has 1 N–H and O–H groups in total. The molecular weight excluding hydrogens is 213 g/mol. The number of alkyl halides is 3. The summed E-state index contributed by atoms with van der Waals surface area (Å²) in [6.07, 6.45) is -5.89. The van der Waals surface area contributed by atoms with Gasteiger partial charge in [0.05, 0.1) is 0 Å². The van der Waals surface area contributed by atoms with Gasteiger partial charge in [-0.05, 0) is 5.92 Å². The van der Waals surface area contributed by atoms with E-state index in [0.29, 0.717) is 0 Å². The van der Waals surface area contributed by atoms with Crippen LogP contribution in [0.3, 0.4) is 0 Å². The zero-order valence-corrected chi connectivity index (χ0v) is 8.68. The monoisotopic (exact) mass is 226 g/mol. The van der Waals surface area contributed by atoms with Crippen molar-refractivity contribution >= 4 is 11.8 Å². The van der Waals surface area contributed by atoms with Crippen molar-refractivity contribution in [1.29, 1.82) is 0 Å². The third kappa shape index (κ3) is 5.92. The van der Waals surface area contributed by atoms with Crippen LogP contribution in [0.2, 0.25) is 0 Å². The number of carbonyl (C=O) groups excluding carboxylic acids is 1. The molecule has 7 heteroatoms. The van der Waals surface area contributed by atoms with E-state index in [0.717, 1.165) is 0 Å². The van der Waals surface area contributed by atoms with Crippen molar-refractivity contribution in [2.24, 2.45) is 11.1 Å². The summed E-state index contributed by atoms with van der Waals surface area (Å²) < 4.78 is 36.9.